The van der Waals surface area contributed by atoms with E-state index in [0.29, 0.717) is 25.2 Å². The van der Waals surface area contributed by atoms with Gasteiger partial charge in [-0.2, -0.15) is 13.2 Å². The van der Waals surface area contributed by atoms with Gasteiger partial charge in [-0.3, -0.25) is 9.80 Å². The van der Waals surface area contributed by atoms with Gasteiger partial charge in [0.1, 0.15) is 0 Å². The van der Waals surface area contributed by atoms with Crippen molar-refractivity contribution in [3.05, 3.63) is 97.9 Å². The van der Waals surface area contributed by atoms with Crippen LogP contribution >= 0.6 is 31.9 Å². The molecule has 2 heterocycles. The molecule has 2 saturated heterocycles. The van der Waals surface area contributed by atoms with E-state index in [2.05, 4.69) is 107 Å². The highest BCUT2D eigenvalue weighted by atomic mass is 79.9. The first-order chi connectivity index (χ1) is 18.7. The first-order valence-electron chi connectivity index (χ1n) is 13.3. The molecule has 9 heteroatoms. The molecule has 0 atom stereocenters. The van der Waals surface area contributed by atoms with Crippen molar-refractivity contribution in [2.75, 3.05) is 64.3 Å². The molecule has 0 amide bonds. The van der Waals surface area contributed by atoms with Crippen LogP contribution in [0.2, 0.25) is 0 Å². The van der Waals surface area contributed by atoms with E-state index in [1.807, 2.05) is 0 Å². The molecular weight excluding hydrogens is 633 g/mol. The highest BCUT2D eigenvalue weighted by molar-refractivity contribution is 9.10. The van der Waals surface area contributed by atoms with Crippen LogP contribution < -0.4 is 4.90 Å². The molecule has 39 heavy (non-hydrogen) atoms. The lowest BCUT2D eigenvalue weighted by Gasteiger charge is -2.40. The van der Waals surface area contributed by atoms with E-state index >= 15 is 0 Å². The molecule has 0 radical (unpaired) electrons. The minimum absolute atomic E-state index is 0.0830. The van der Waals surface area contributed by atoms with Crippen LogP contribution in [0.15, 0.2) is 75.7 Å². The number of benzene rings is 3. The zero-order chi connectivity index (χ0) is 27.6. The minimum atomic E-state index is -4.37. The molecule has 0 saturated carbocycles. The summed E-state index contributed by atoms with van der Waals surface area (Å²) in [7, 11) is 2.08. The van der Waals surface area contributed by atoms with E-state index in [9.17, 15) is 13.2 Å². The third-order valence-corrected chi connectivity index (χ3v) is 8.86. The van der Waals surface area contributed by atoms with Gasteiger partial charge in [-0.15, -0.1) is 0 Å². The second-order valence-electron chi connectivity index (χ2n) is 10.4. The van der Waals surface area contributed by atoms with Gasteiger partial charge in [0.25, 0.3) is 0 Å². The number of halogens is 5. The summed E-state index contributed by atoms with van der Waals surface area (Å²) in [5.41, 5.74) is 3.13. The van der Waals surface area contributed by atoms with E-state index in [1.54, 1.807) is 12.1 Å². The summed E-state index contributed by atoms with van der Waals surface area (Å²) < 4.78 is 44.0. The molecule has 0 bridgehead atoms. The van der Waals surface area contributed by atoms with Crippen LogP contribution in [0.25, 0.3) is 0 Å². The Bertz CT molecular complexity index is 1190. The van der Waals surface area contributed by atoms with Crippen LogP contribution in [0, 0.1) is 0 Å². The Morgan fingerprint density at radius 2 is 1.26 bits per heavy atom. The number of alkyl halides is 3. The molecule has 0 spiro atoms. The van der Waals surface area contributed by atoms with E-state index < -0.39 is 11.7 Å². The van der Waals surface area contributed by atoms with Crippen molar-refractivity contribution in [2.45, 2.75) is 18.8 Å². The molecule has 2 aliphatic heterocycles. The lowest BCUT2D eigenvalue weighted by atomic mass is 9.96. The molecule has 0 aliphatic carbocycles. The molecule has 3 aromatic carbocycles. The average Bonchev–Trinajstić information content (AvgIpc) is 2.92. The number of hydrogen-bond donors (Lipinski definition) is 0. The lowest BCUT2D eigenvalue weighted by Crippen LogP contribution is -2.47. The van der Waals surface area contributed by atoms with E-state index in [4.69, 9.17) is 0 Å². The minimum Gasteiger partial charge on any atom is -0.369 e. The van der Waals surface area contributed by atoms with Crippen LogP contribution in [-0.2, 0) is 12.7 Å². The molecule has 2 fully saturated rings. The fourth-order valence-corrected chi connectivity index (χ4v) is 6.10. The van der Waals surface area contributed by atoms with E-state index in [-0.39, 0.29) is 6.04 Å². The highest BCUT2D eigenvalue weighted by Crippen LogP contribution is 2.36. The van der Waals surface area contributed by atoms with Crippen LogP contribution in [0.5, 0.6) is 0 Å². The number of nitrogens with zero attached hydrogens (tertiary/aromatic N) is 4. The van der Waals surface area contributed by atoms with Gasteiger partial charge in [-0.05, 0) is 66.2 Å². The summed E-state index contributed by atoms with van der Waals surface area (Å²) in [4.78, 5) is 9.04. The number of piperazine rings is 2. The lowest BCUT2D eigenvalue weighted by molar-refractivity contribution is -0.138. The normalized spacial score (nSPS) is 18.2. The first kappa shape index (κ1) is 28.6. The molecule has 0 N–H and O–H groups in total. The van der Waals surface area contributed by atoms with E-state index in [0.717, 1.165) is 53.9 Å². The topological polar surface area (TPSA) is 13.0 Å². The van der Waals surface area contributed by atoms with Crippen molar-refractivity contribution in [1.82, 2.24) is 14.7 Å². The van der Waals surface area contributed by atoms with Crippen molar-refractivity contribution in [3.8, 4) is 0 Å². The maximum absolute atomic E-state index is 14.0. The molecule has 5 rings (SSSR count). The van der Waals surface area contributed by atoms with Gasteiger partial charge >= 0.3 is 6.18 Å². The smallest absolute Gasteiger partial charge is 0.369 e. The monoisotopic (exact) mass is 664 g/mol. The van der Waals surface area contributed by atoms with Crippen molar-refractivity contribution < 1.29 is 13.2 Å². The highest BCUT2D eigenvalue weighted by Gasteiger charge is 2.35. The summed E-state index contributed by atoms with van der Waals surface area (Å²) in [6.45, 7) is 6.74. The van der Waals surface area contributed by atoms with Gasteiger partial charge in [-0.1, -0.05) is 56.1 Å². The van der Waals surface area contributed by atoms with E-state index in [1.165, 1.54) is 17.2 Å². The largest absolute Gasteiger partial charge is 0.416 e. The molecule has 4 nitrogen and oxygen atoms in total. The van der Waals surface area contributed by atoms with Gasteiger partial charge < -0.3 is 9.80 Å². The Hall–Kier alpha value is -1.91. The van der Waals surface area contributed by atoms with Gasteiger partial charge in [0.15, 0.2) is 0 Å². The fourth-order valence-electron chi connectivity index (χ4n) is 5.57. The standard InChI is InChI=1S/C30H33Br2F3N4/c1-36-12-16-38(17-13-36)27-10-11-28(30(33,34)35)24(20-27)21-37-14-18-39(19-15-37)29(22-2-6-25(31)7-3-22)23-4-8-26(32)9-5-23/h2-11,20,29H,12-19,21H2,1H3. The van der Waals surface area contributed by atoms with Crippen molar-refractivity contribution in [3.63, 3.8) is 0 Å². The zero-order valence-corrected chi connectivity index (χ0v) is 25.1. The van der Waals surface area contributed by atoms with Crippen LogP contribution in [0.1, 0.15) is 28.3 Å². The first-order valence-corrected chi connectivity index (χ1v) is 14.9. The van der Waals surface area contributed by atoms with Crippen LogP contribution in [-0.4, -0.2) is 74.1 Å². The molecule has 0 aromatic heterocycles. The van der Waals surface area contributed by atoms with Gasteiger partial charge in [0.05, 0.1) is 11.6 Å². The zero-order valence-electron chi connectivity index (χ0n) is 22.0. The number of rotatable bonds is 6. The Kier molecular flexibility index (Phi) is 9.03. The predicted octanol–water partition coefficient (Wildman–Crippen LogP) is 6.89. The van der Waals surface area contributed by atoms with Crippen molar-refractivity contribution in [2.24, 2.45) is 0 Å². The summed E-state index contributed by atoms with van der Waals surface area (Å²) in [6, 6.07) is 21.6. The van der Waals surface area contributed by atoms with Crippen LogP contribution in [0.4, 0.5) is 18.9 Å². The summed E-state index contributed by atoms with van der Waals surface area (Å²) in [5, 5.41) is 0. The number of hydrogen-bond acceptors (Lipinski definition) is 4. The molecular formula is C30H33Br2F3N4. The summed E-state index contributed by atoms with van der Waals surface area (Å²) in [6.07, 6.45) is -4.37. The Morgan fingerprint density at radius 1 is 0.718 bits per heavy atom. The number of anilines is 1. The quantitative estimate of drug-likeness (QED) is 0.284. The molecule has 0 unspecified atom stereocenters. The molecule has 2 aliphatic rings. The average molecular weight is 666 g/mol. The van der Waals surface area contributed by atoms with Crippen molar-refractivity contribution in [1.29, 1.82) is 0 Å². The summed E-state index contributed by atoms with van der Waals surface area (Å²) >= 11 is 7.07. The third kappa shape index (κ3) is 7.06. The third-order valence-electron chi connectivity index (χ3n) is 7.80. The van der Waals surface area contributed by atoms with Crippen molar-refractivity contribution >= 4 is 37.5 Å². The van der Waals surface area contributed by atoms with Gasteiger partial charge in [0.2, 0.25) is 0 Å². The maximum Gasteiger partial charge on any atom is 0.416 e. The Labute approximate surface area is 245 Å². The SMILES string of the molecule is CN1CCN(c2ccc(C(F)(F)F)c(CN3CCN(C(c4ccc(Br)cc4)c4ccc(Br)cc4)CC3)c2)CC1. The van der Waals surface area contributed by atoms with Gasteiger partial charge in [-0.25, -0.2) is 0 Å². The maximum atomic E-state index is 14.0. The Morgan fingerprint density at radius 3 is 1.77 bits per heavy atom. The molecule has 208 valence electrons. The second-order valence-corrected chi connectivity index (χ2v) is 12.3. The molecule has 3 aromatic rings. The summed E-state index contributed by atoms with van der Waals surface area (Å²) in [5.74, 6) is 0. The van der Waals surface area contributed by atoms with Crippen LogP contribution in [0.3, 0.4) is 0 Å². The Balaban J connectivity index is 1.33. The fraction of sp³-hybridized carbons (Fsp3) is 0.400. The second kappa shape index (κ2) is 12.3. The number of likely N-dealkylation sites (N-methyl/N-ethyl adjacent to an activating group) is 1. The predicted molar refractivity (Wildman–Crippen MR) is 158 cm³/mol. The van der Waals surface area contributed by atoms with Gasteiger partial charge in [0, 0.05) is 73.5 Å².